The van der Waals surface area contributed by atoms with Crippen molar-refractivity contribution in [2.45, 2.75) is 0 Å². The van der Waals surface area contributed by atoms with E-state index in [0.29, 0.717) is 12.7 Å². The van der Waals surface area contributed by atoms with Crippen LogP contribution in [-0.4, -0.2) is 42.3 Å². The largest absolute Gasteiger partial charge is 0.294 e. The number of nitrogens with zero attached hydrogens (tertiary/aromatic N) is 3. The highest BCUT2D eigenvalue weighted by Crippen LogP contribution is 2.00. The van der Waals surface area contributed by atoms with Gasteiger partial charge < -0.3 is 0 Å². The smallest absolute Gasteiger partial charge is 0.230 e. The number of likely N-dealkylation sites (N-methyl/N-ethyl adjacent to an activating group) is 1. The number of carbonyl (C=O) groups excluding carboxylic acids is 2. The van der Waals surface area contributed by atoms with E-state index in [2.05, 4.69) is 4.99 Å². The zero-order valence-corrected chi connectivity index (χ0v) is 5.52. The summed E-state index contributed by atoms with van der Waals surface area (Å²) in [4.78, 5) is 24.1. The zero-order chi connectivity index (χ0) is 7.56. The summed E-state index contributed by atoms with van der Waals surface area (Å²) in [5.41, 5.74) is 0. The third-order valence-corrected chi connectivity index (χ3v) is 1.32. The van der Waals surface area contributed by atoms with Crippen molar-refractivity contribution in [1.82, 2.24) is 10.0 Å². The van der Waals surface area contributed by atoms with Gasteiger partial charge >= 0.3 is 0 Å². The molecule has 5 heteroatoms. The summed E-state index contributed by atoms with van der Waals surface area (Å²) in [5.74, 6) is 0.284. The van der Waals surface area contributed by atoms with Gasteiger partial charge in [-0.1, -0.05) is 0 Å². The summed E-state index contributed by atoms with van der Waals surface area (Å²) in [6.45, 7) is 0.244. The monoisotopic (exact) mass is 141 g/mol. The first kappa shape index (κ1) is 6.73. The van der Waals surface area contributed by atoms with Crippen molar-refractivity contribution in [1.29, 1.82) is 0 Å². The number of hydrogen-bond acceptors (Lipinski definition) is 4. The number of hydrazine groups is 1. The number of amides is 1. The summed E-state index contributed by atoms with van der Waals surface area (Å²) < 4.78 is 0. The summed E-state index contributed by atoms with van der Waals surface area (Å²) >= 11 is 0. The van der Waals surface area contributed by atoms with Gasteiger partial charge in [-0.15, -0.1) is 0 Å². The molecule has 0 atom stereocenters. The average molecular weight is 141 g/mol. The molecule has 0 aromatic carbocycles. The molecule has 1 heterocycles. The van der Waals surface area contributed by atoms with Crippen LogP contribution < -0.4 is 0 Å². The van der Waals surface area contributed by atoms with Crippen molar-refractivity contribution in [2.75, 3.05) is 13.7 Å². The van der Waals surface area contributed by atoms with Crippen LogP contribution in [0.3, 0.4) is 0 Å². The second-order valence-corrected chi connectivity index (χ2v) is 1.84. The molecule has 1 aliphatic rings. The number of aldehydes is 1. The molecule has 0 unspecified atom stereocenters. The average Bonchev–Trinajstić information content (AvgIpc) is 2.30. The molecular weight excluding hydrogens is 134 g/mol. The quantitative estimate of drug-likeness (QED) is 0.457. The fourth-order valence-electron chi connectivity index (χ4n) is 0.691. The maximum absolute atomic E-state index is 10.2. The van der Waals surface area contributed by atoms with Crippen LogP contribution in [0.15, 0.2) is 4.99 Å². The van der Waals surface area contributed by atoms with Gasteiger partial charge in [0.1, 0.15) is 6.67 Å². The van der Waals surface area contributed by atoms with Crippen molar-refractivity contribution in [3.63, 3.8) is 0 Å². The van der Waals surface area contributed by atoms with Crippen LogP contribution in [0.25, 0.3) is 0 Å². The minimum absolute atomic E-state index is 0.244. The zero-order valence-electron chi connectivity index (χ0n) is 5.52. The van der Waals surface area contributed by atoms with E-state index >= 15 is 0 Å². The Morgan fingerprint density at radius 3 is 2.60 bits per heavy atom. The lowest BCUT2D eigenvalue weighted by atomic mass is 10.6. The summed E-state index contributed by atoms with van der Waals surface area (Å²) in [6.07, 6.45) is 1.24. The van der Waals surface area contributed by atoms with Crippen LogP contribution in [0.5, 0.6) is 0 Å². The molecule has 0 saturated carbocycles. The number of aliphatic imine (C=N–C) groups is 1. The van der Waals surface area contributed by atoms with Crippen LogP contribution in [-0.2, 0) is 9.59 Å². The second-order valence-electron chi connectivity index (χ2n) is 1.84. The molecule has 54 valence electrons. The lowest BCUT2D eigenvalue weighted by molar-refractivity contribution is -0.125. The summed E-state index contributed by atoms with van der Waals surface area (Å²) in [6, 6.07) is 0. The van der Waals surface area contributed by atoms with E-state index in [1.807, 2.05) is 0 Å². The molecule has 1 aliphatic heterocycles. The fraction of sp³-hybridized carbons (Fsp3) is 0.400. The van der Waals surface area contributed by atoms with Crippen molar-refractivity contribution in [3.05, 3.63) is 0 Å². The molecular formula is C5H7N3O2. The molecule has 0 radical (unpaired) electrons. The van der Waals surface area contributed by atoms with E-state index in [1.165, 1.54) is 10.0 Å². The van der Waals surface area contributed by atoms with Crippen LogP contribution in [0.4, 0.5) is 0 Å². The first-order valence-corrected chi connectivity index (χ1v) is 2.75. The highest BCUT2D eigenvalue weighted by atomic mass is 16.2. The Morgan fingerprint density at radius 2 is 2.30 bits per heavy atom. The van der Waals surface area contributed by atoms with Crippen molar-refractivity contribution in [2.24, 2.45) is 4.99 Å². The molecule has 0 fully saturated rings. The van der Waals surface area contributed by atoms with E-state index < -0.39 is 0 Å². The van der Waals surface area contributed by atoms with Crippen molar-refractivity contribution in [3.8, 4) is 0 Å². The number of rotatable bonds is 2. The Hall–Kier alpha value is -1.39. The predicted molar refractivity (Wildman–Crippen MR) is 34.0 cm³/mol. The molecule has 1 rings (SSSR count). The third kappa shape index (κ3) is 0.854. The fourth-order valence-corrected chi connectivity index (χ4v) is 0.691. The van der Waals surface area contributed by atoms with E-state index in [-0.39, 0.29) is 12.5 Å². The van der Waals surface area contributed by atoms with Crippen LogP contribution in [0, 0.1) is 0 Å². The highest BCUT2D eigenvalue weighted by molar-refractivity contribution is 6.27. The SMILES string of the molecule is CN1C(C=O)=NCN1C=O. The van der Waals surface area contributed by atoms with Crippen molar-refractivity contribution >= 4 is 18.5 Å². The molecule has 0 bridgehead atoms. The Balaban J connectivity index is 2.68. The van der Waals surface area contributed by atoms with E-state index in [1.54, 1.807) is 7.05 Å². The van der Waals surface area contributed by atoms with Gasteiger partial charge in [-0.25, -0.2) is 10.0 Å². The van der Waals surface area contributed by atoms with Crippen LogP contribution in [0.1, 0.15) is 0 Å². The van der Waals surface area contributed by atoms with Gasteiger partial charge in [0.15, 0.2) is 12.1 Å². The first-order chi connectivity index (χ1) is 4.79. The van der Waals surface area contributed by atoms with Gasteiger partial charge in [-0.05, 0) is 0 Å². The normalized spacial score (nSPS) is 17.1. The van der Waals surface area contributed by atoms with Gasteiger partial charge in [0, 0.05) is 7.05 Å². The van der Waals surface area contributed by atoms with E-state index in [9.17, 15) is 9.59 Å². The number of amidine groups is 1. The van der Waals surface area contributed by atoms with Gasteiger partial charge in [0.25, 0.3) is 0 Å². The molecule has 1 amide bonds. The first-order valence-electron chi connectivity index (χ1n) is 2.75. The molecule has 0 N–H and O–H groups in total. The Kier molecular flexibility index (Phi) is 1.66. The molecule has 0 aromatic heterocycles. The molecule has 0 saturated heterocycles. The Bertz CT molecular complexity index is 189. The molecule has 0 aliphatic carbocycles. The predicted octanol–water partition coefficient (Wildman–Crippen LogP) is -1.14. The van der Waals surface area contributed by atoms with Crippen molar-refractivity contribution < 1.29 is 9.59 Å². The minimum Gasteiger partial charge on any atom is -0.294 e. The standard InChI is InChI=1S/C5H7N3O2/c1-7-5(2-9)6-3-8(7)4-10/h2,4H,3H2,1H3. The Labute approximate surface area is 57.9 Å². The van der Waals surface area contributed by atoms with E-state index in [4.69, 9.17) is 0 Å². The summed E-state index contributed by atoms with van der Waals surface area (Å²) in [5, 5.41) is 2.70. The summed E-state index contributed by atoms with van der Waals surface area (Å²) in [7, 11) is 1.61. The van der Waals surface area contributed by atoms with Crippen LogP contribution in [0.2, 0.25) is 0 Å². The molecule has 10 heavy (non-hydrogen) atoms. The second kappa shape index (κ2) is 2.47. The Morgan fingerprint density at radius 1 is 1.60 bits per heavy atom. The lowest BCUT2D eigenvalue weighted by Crippen LogP contribution is -2.37. The minimum atomic E-state index is 0.244. The van der Waals surface area contributed by atoms with E-state index in [0.717, 1.165) is 0 Å². The third-order valence-electron chi connectivity index (χ3n) is 1.32. The molecule has 0 spiro atoms. The topological polar surface area (TPSA) is 53.0 Å². The molecule has 0 aromatic rings. The maximum Gasteiger partial charge on any atom is 0.230 e. The van der Waals surface area contributed by atoms with Gasteiger partial charge in [-0.2, -0.15) is 0 Å². The van der Waals surface area contributed by atoms with Gasteiger partial charge in [0.2, 0.25) is 6.41 Å². The maximum atomic E-state index is 10.2. The van der Waals surface area contributed by atoms with Gasteiger partial charge in [0.05, 0.1) is 0 Å². The lowest BCUT2D eigenvalue weighted by Gasteiger charge is -2.19. The number of hydrogen-bond donors (Lipinski definition) is 0. The number of carbonyl (C=O) groups is 2. The highest BCUT2D eigenvalue weighted by Gasteiger charge is 2.18. The van der Waals surface area contributed by atoms with Crippen LogP contribution >= 0.6 is 0 Å². The molecule has 5 nitrogen and oxygen atoms in total. The van der Waals surface area contributed by atoms with Gasteiger partial charge in [-0.3, -0.25) is 14.6 Å².